The number of carbonyl (C=O) groups is 1. The van der Waals surface area contributed by atoms with E-state index in [1.54, 1.807) is 18.2 Å². The molecule has 4 rings (SSSR count). The first-order valence-electron chi connectivity index (χ1n) is 8.40. The molecule has 3 heterocycles. The molecule has 0 saturated heterocycles. The lowest BCUT2D eigenvalue weighted by molar-refractivity contribution is 0.0733. The highest BCUT2D eigenvalue weighted by Gasteiger charge is 2.25. The fourth-order valence-corrected chi connectivity index (χ4v) is 3.43. The molecule has 0 unspecified atom stereocenters. The molecule has 2 aliphatic rings. The van der Waals surface area contributed by atoms with Gasteiger partial charge in [-0.05, 0) is 55.4 Å². The van der Waals surface area contributed by atoms with Crippen LogP contribution in [0.15, 0.2) is 30.6 Å². The van der Waals surface area contributed by atoms with Gasteiger partial charge in [-0.1, -0.05) is 0 Å². The first-order chi connectivity index (χ1) is 12.1. The van der Waals surface area contributed by atoms with E-state index in [1.807, 2.05) is 17.3 Å². The summed E-state index contributed by atoms with van der Waals surface area (Å²) in [6.45, 7) is 2.39. The number of aromatic nitrogens is 1. The number of benzene rings is 1. The molecule has 0 bridgehead atoms. The second kappa shape index (κ2) is 8.78. The number of halogens is 2. The van der Waals surface area contributed by atoms with Crippen molar-refractivity contribution in [1.82, 2.24) is 14.8 Å². The highest BCUT2D eigenvalue weighted by Crippen LogP contribution is 2.33. The van der Waals surface area contributed by atoms with Crippen molar-refractivity contribution in [3.05, 3.63) is 52.8 Å². The molecule has 0 radical (unpaired) electrons. The van der Waals surface area contributed by atoms with E-state index >= 15 is 0 Å². The summed E-state index contributed by atoms with van der Waals surface area (Å²) < 4.78 is 10.7. The Labute approximate surface area is 171 Å². The number of rotatable bonds is 3. The van der Waals surface area contributed by atoms with E-state index in [0.29, 0.717) is 30.2 Å². The zero-order valence-corrected chi connectivity index (χ0v) is 16.9. The van der Waals surface area contributed by atoms with E-state index < -0.39 is 0 Å². The average molecular weight is 412 g/mol. The van der Waals surface area contributed by atoms with Gasteiger partial charge >= 0.3 is 0 Å². The fraction of sp³-hybridized carbons (Fsp3) is 0.368. The fourth-order valence-electron chi connectivity index (χ4n) is 3.43. The van der Waals surface area contributed by atoms with E-state index in [2.05, 4.69) is 24.0 Å². The molecule has 0 N–H and O–H groups in total. The maximum absolute atomic E-state index is 12.9. The first-order valence-corrected chi connectivity index (χ1v) is 8.40. The van der Waals surface area contributed by atoms with Crippen molar-refractivity contribution in [1.29, 1.82) is 0 Å². The summed E-state index contributed by atoms with van der Waals surface area (Å²) >= 11 is 0. The molecule has 0 fully saturated rings. The Balaban J connectivity index is 0.00000131. The Morgan fingerprint density at radius 3 is 2.74 bits per heavy atom. The second-order valence-corrected chi connectivity index (χ2v) is 6.72. The lowest BCUT2D eigenvalue weighted by Crippen LogP contribution is -2.36. The summed E-state index contributed by atoms with van der Waals surface area (Å²) in [6, 6.07) is 5.36. The monoisotopic (exact) mass is 411 g/mol. The van der Waals surface area contributed by atoms with Crippen LogP contribution >= 0.6 is 24.8 Å². The van der Waals surface area contributed by atoms with Crippen LogP contribution in [0.4, 0.5) is 0 Å². The summed E-state index contributed by atoms with van der Waals surface area (Å²) in [5, 5.41) is 0. The molecule has 0 aliphatic carbocycles. The maximum Gasteiger partial charge on any atom is 0.254 e. The average Bonchev–Trinajstić information content (AvgIpc) is 3.08. The van der Waals surface area contributed by atoms with Gasteiger partial charge in [0, 0.05) is 37.6 Å². The standard InChI is InChI=1S/C19H21N3O3.2ClH/c1-21(2)10-14-8-20-9-15-11-22(6-5-16(14)15)19(23)13-3-4-17-18(7-13)25-12-24-17;;/h3-4,7-9H,5-6,10-12H2,1-2H3;2*1H. The number of pyridine rings is 1. The van der Waals surface area contributed by atoms with Crippen molar-refractivity contribution in [2.75, 3.05) is 27.4 Å². The molecule has 8 heteroatoms. The Hall–Kier alpha value is -2.02. The van der Waals surface area contributed by atoms with Gasteiger partial charge in [0.2, 0.25) is 6.79 Å². The molecule has 0 atom stereocenters. The summed E-state index contributed by atoms with van der Waals surface area (Å²) in [5.74, 6) is 1.35. The lowest BCUT2D eigenvalue weighted by atomic mass is 9.96. The van der Waals surface area contributed by atoms with Gasteiger partial charge in [-0.15, -0.1) is 24.8 Å². The molecule has 0 spiro atoms. The van der Waals surface area contributed by atoms with Crippen LogP contribution in [0.3, 0.4) is 0 Å². The van der Waals surface area contributed by atoms with Crippen LogP contribution in [0, 0.1) is 0 Å². The van der Waals surface area contributed by atoms with Gasteiger partial charge in [-0.25, -0.2) is 0 Å². The number of amides is 1. The molecule has 27 heavy (non-hydrogen) atoms. The number of carbonyl (C=O) groups excluding carboxylic acids is 1. The minimum atomic E-state index is 0. The Kier molecular flexibility index (Phi) is 6.92. The van der Waals surface area contributed by atoms with E-state index in [9.17, 15) is 4.79 Å². The third-order valence-electron chi connectivity index (χ3n) is 4.62. The second-order valence-electron chi connectivity index (χ2n) is 6.72. The number of ether oxygens (including phenoxy) is 2. The molecule has 0 saturated carbocycles. The number of fused-ring (bicyclic) bond motifs is 2. The van der Waals surface area contributed by atoms with Crippen LogP contribution < -0.4 is 9.47 Å². The smallest absolute Gasteiger partial charge is 0.254 e. The van der Waals surface area contributed by atoms with Gasteiger partial charge < -0.3 is 19.3 Å². The van der Waals surface area contributed by atoms with E-state index in [0.717, 1.165) is 18.5 Å². The maximum atomic E-state index is 12.9. The lowest BCUT2D eigenvalue weighted by Gasteiger charge is -2.30. The molecule has 146 valence electrons. The predicted octanol–water partition coefficient (Wildman–Crippen LogP) is 2.91. The SMILES string of the molecule is CN(C)Cc1cncc2c1CCN(C(=O)c1ccc3c(c1)OCO3)C2.Cl.Cl. The highest BCUT2D eigenvalue weighted by atomic mass is 35.5. The molecule has 2 aromatic rings. The largest absolute Gasteiger partial charge is 0.454 e. The van der Waals surface area contributed by atoms with Gasteiger partial charge in [0.15, 0.2) is 11.5 Å². The zero-order chi connectivity index (χ0) is 17.4. The van der Waals surface area contributed by atoms with Crippen LogP contribution in [0.25, 0.3) is 0 Å². The van der Waals surface area contributed by atoms with Crippen LogP contribution in [0.2, 0.25) is 0 Å². The van der Waals surface area contributed by atoms with E-state index in [4.69, 9.17) is 9.47 Å². The van der Waals surface area contributed by atoms with E-state index in [1.165, 1.54) is 11.1 Å². The third kappa shape index (κ3) is 4.29. The highest BCUT2D eigenvalue weighted by molar-refractivity contribution is 5.95. The Bertz CT molecular complexity index is 830. The minimum absolute atomic E-state index is 0. The molecule has 1 aromatic carbocycles. The molecular weight excluding hydrogens is 389 g/mol. The van der Waals surface area contributed by atoms with Gasteiger partial charge in [-0.3, -0.25) is 9.78 Å². The van der Waals surface area contributed by atoms with Crippen molar-refractivity contribution in [3.8, 4) is 11.5 Å². The summed E-state index contributed by atoms with van der Waals surface area (Å²) in [5.41, 5.74) is 4.35. The zero-order valence-electron chi connectivity index (χ0n) is 15.3. The number of hydrogen-bond acceptors (Lipinski definition) is 5. The topological polar surface area (TPSA) is 54.9 Å². The molecular formula is C19H23Cl2N3O3. The van der Waals surface area contributed by atoms with Crippen LogP contribution in [-0.4, -0.2) is 48.1 Å². The van der Waals surface area contributed by atoms with Crippen molar-refractivity contribution in [3.63, 3.8) is 0 Å². The van der Waals surface area contributed by atoms with Crippen molar-refractivity contribution in [2.24, 2.45) is 0 Å². The Morgan fingerprint density at radius 2 is 1.96 bits per heavy atom. The van der Waals surface area contributed by atoms with Crippen molar-refractivity contribution >= 4 is 30.7 Å². The van der Waals surface area contributed by atoms with Gasteiger partial charge in [-0.2, -0.15) is 0 Å². The summed E-state index contributed by atoms with van der Waals surface area (Å²) in [4.78, 5) is 21.3. The van der Waals surface area contributed by atoms with Crippen LogP contribution in [-0.2, 0) is 19.5 Å². The quantitative estimate of drug-likeness (QED) is 0.776. The van der Waals surface area contributed by atoms with Gasteiger partial charge in [0.05, 0.1) is 0 Å². The summed E-state index contributed by atoms with van der Waals surface area (Å²) in [7, 11) is 4.11. The van der Waals surface area contributed by atoms with Gasteiger partial charge in [0.1, 0.15) is 0 Å². The predicted molar refractivity (Wildman–Crippen MR) is 107 cm³/mol. The normalized spacial score (nSPS) is 14.3. The van der Waals surface area contributed by atoms with Gasteiger partial charge in [0.25, 0.3) is 5.91 Å². The Morgan fingerprint density at radius 1 is 1.19 bits per heavy atom. The molecule has 2 aliphatic heterocycles. The van der Waals surface area contributed by atoms with E-state index in [-0.39, 0.29) is 37.5 Å². The molecule has 1 amide bonds. The minimum Gasteiger partial charge on any atom is -0.454 e. The van der Waals surface area contributed by atoms with Crippen molar-refractivity contribution in [2.45, 2.75) is 19.5 Å². The first kappa shape index (κ1) is 21.3. The third-order valence-corrected chi connectivity index (χ3v) is 4.62. The molecule has 6 nitrogen and oxygen atoms in total. The summed E-state index contributed by atoms with van der Waals surface area (Å²) in [6.07, 6.45) is 4.68. The number of nitrogens with zero attached hydrogens (tertiary/aromatic N) is 3. The number of hydrogen-bond donors (Lipinski definition) is 0. The van der Waals surface area contributed by atoms with Crippen LogP contribution in [0.5, 0.6) is 11.5 Å². The van der Waals surface area contributed by atoms with Crippen molar-refractivity contribution < 1.29 is 14.3 Å². The molecule has 1 aromatic heterocycles. The van der Waals surface area contributed by atoms with Crippen LogP contribution in [0.1, 0.15) is 27.0 Å².